The predicted molar refractivity (Wildman–Crippen MR) is 91.8 cm³/mol. The molecule has 0 heterocycles. The van der Waals surface area contributed by atoms with Crippen LogP contribution in [0.3, 0.4) is 0 Å². The Morgan fingerprint density at radius 3 is 2.71 bits per heavy atom. The van der Waals surface area contributed by atoms with Gasteiger partial charge in [0.15, 0.2) is 0 Å². The van der Waals surface area contributed by atoms with Crippen molar-refractivity contribution in [2.75, 3.05) is 11.9 Å². The van der Waals surface area contributed by atoms with E-state index in [0.717, 1.165) is 5.56 Å². The van der Waals surface area contributed by atoms with Crippen molar-refractivity contribution in [3.63, 3.8) is 0 Å². The maximum atomic E-state index is 11.7. The Kier molecular flexibility index (Phi) is 6.98. The van der Waals surface area contributed by atoms with E-state index in [-0.39, 0.29) is 0 Å². The molecule has 0 aliphatic heterocycles. The minimum absolute atomic E-state index is 0.461. The predicted octanol–water partition coefficient (Wildman–Crippen LogP) is 4.59. The number of ether oxygens (including phenoxy) is 2. The minimum atomic E-state index is -0.513. The number of thioether (sulfide) groups is 1. The average molecular weight is 327 g/mol. The van der Waals surface area contributed by atoms with E-state index in [9.17, 15) is 4.79 Å². The first-order chi connectivity index (χ1) is 9.80. The SMILES string of the molecule is CCOC(=S)SCc1cccc(NC(=O)OC(C)(C)C)c1. The fourth-order valence-corrected chi connectivity index (χ4v) is 2.42. The third-order valence-corrected chi connectivity index (χ3v) is 3.49. The molecule has 1 amide bonds. The maximum Gasteiger partial charge on any atom is 0.412 e. The zero-order chi connectivity index (χ0) is 15.9. The lowest BCUT2D eigenvalue weighted by Gasteiger charge is -2.19. The Balaban J connectivity index is 2.56. The molecule has 0 saturated heterocycles. The number of rotatable bonds is 4. The van der Waals surface area contributed by atoms with Crippen molar-refractivity contribution in [1.82, 2.24) is 0 Å². The molecule has 1 rings (SSSR count). The summed E-state index contributed by atoms with van der Waals surface area (Å²) >= 11 is 6.52. The first-order valence-corrected chi connectivity index (χ1v) is 8.08. The van der Waals surface area contributed by atoms with E-state index in [1.165, 1.54) is 11.8 Å². The molecule has 0 aliphatic rings. The summed E-state index contributed by atoms with van der Waals surface area (Å²) in [7, 11) is 0. The first-order valence-electron chi connectivity index (χ1n) is 6.68. The molecule has 0 aromatic heterocycles. The Morgan fingerprint density at radius 1 is 1.38 bits per heavy atom. The average Bonchev–Trinajstić information content (AvgIpc) is 2.35. The van der Waals surface area contributed by atoms with Crippen molar-refractivity contribution in [2.45, 2.75) is 39.0 Å². The van der Waals surface area contributed by atoms with Gasteiger partial charge in [-0.15, -0.1) is 0 Å². The molecule has 4 nitrogen and oxygen atoms in total. The number of nitrogens with one attached hydrogen (secondary N) is 1. The second-order valence-corrected chi connectivity index (χ2v) is 6.88. The molecule has 0 spiro atoms. The summed E-state index contributed by atoms with van der Waals surface area (Å²) < 4.78 is 11.0. The van der Waals surface area contributed by atoms with Crippen LogP contribution in [0.5, 0.6) is 0 Å². The molecule has 116 valence electrons. The molecule has 0 aliphatic carbocycles. The molecule has 6 heteroatoms. The highest BCUT2D eigenvalue weighted by Crippen LogP contribution is 2.19. The summed E-state index contributed by atoms with van der Waals surface area (Å²) in [5.74, 6) is 0.697. The molecular formula is C15H21NO3S2. The van der Waals surface area contributed by atoms with Crippen LogP contribution < -0.4 is 5.32 Å². The van der Waals surface area contributed by atoms with Crippen LogP contribution in [0, 0.1) is 0 Å². The number of hydrogen-bond acceptors (Lipinski definition) is 5. The van der Waals surface area contributed by atoms with E-state index in [0.29, 0.717) is 22.4 Å². The number of carbonyl (C=O) groups excluding carboxylic acids is 1. The van der Waals surface area contributed by atoms with E-state index in [4.69, 9.17) is 21.7 Å². The van der Waals surface area contributed by atoms with E-state index >= 15 is 0 Å². The summed E-state index contributed by atoms with van der Waals surface area (Å²) in [6.45, 7) is 7.96. The van der Waals surface area contributed by atoms with Gasteiger partial charge in [-0.25, -0.2) is 4.79 Å². The number of amides is 1. The van der Waals surface area contributed by atoms with E-state index in [1.54, 1.807) is 0 Å². The maximum absolute atomic E-state index is 11.7. The monoisotopic (exact) mass is 327 g/mol. The summed E-state index contributed by atoms with van der Waals surface area (Å²) in [6.07, 6.45) is -0.461. The van der Waals surface area contributed by atoms with Crippen LogP contribution in [0.25, 0.3) is 0 Å². The molecule has 1 N–H and O–H groups in total. The highest BCUT2D eigenvalue weighted by molar-refractivity contribution is 8.22. The standard InChI is InChI=1S/C15H21NO3S2/c1-5-18-14(20)21-10-11-7-6-8-12(9-11)16-13(17)19-15(2,3)4/h6-9H,5,10H2,1-4H3,(H,16,17). The number of carbonyl (C=O) groups is 1. The minimum Gasteiger partial charge on any atom is -0.479 e. The van der Waals surface area contributed by atoms with E-state index in [1.807, 2.05) is 52.0 Å². The molecule has 0 atom stereocenters. The third kappa shape index (κ3) is 7.92. The number of hydrogen-bond donors (Lipinski definition) is 1. The lowest BCUT2D eigenvalue weighted by molar-refractivity contribution is 0.0636. The first kappa shape index (κ1) is 17.8. The summed E-state index contributed by atoms with van der Waals surface area (Å²) in [6, 6.07) is 7.57. The van der Waals surface area contributed by atoms with Gasteiger partial charge in [0, 0.05) is 11.4 Å². The fourth-order valence-electron chi connectivity index (χ4n) is 1.46. The van der Waals surface area contributed by atoms with Crippen molar-refractivity contribution in [2.24, 2.45) is 0 Å². The fraction of sp³-hybridized carbons (Fsp3) is 0.467. The zero-order valence-electron chi connectivity index (χ0n) is 12.8. The molecule has 1 aromatic rings. The Morgan fingerprint density at radius 2 is 2.10 bits per heavy atom. The third-order valence-electron chi connectivity index (χ3n) is 2.19. The van der Waals surface area contributed by atoms with Gasteiger partial charge in [0.2, 0.25) is 4.38 Å². The summed E-state index contributed by atoms with van der Waals surface area (Å²) in [5.41, 5.74) is 1.24. The molecular weight excluding hydrogens is 306 g/mol. The highest BCUT2D eigenvalue weighted by atomic mass is 32.2. The van der Waals surface area contributed by atoms with Gasteiger partial charge in [-0.05, 0) is 57.6 Å². The van der Waals surface area contributed by atoms with Crippen molar-refractivity contribution < 1.29 is 14.3 Å². The molecule has 1 aromatic carbocycles. The largest absolute Gasteiger partial charge is 0.479 e. The van der Waals surface area contributed by atoms with Crippen molar-refractivity contribution >= 4 is 40.1 Å². The molecule has 21 heavy (non-hydrogen) atoms. The van der Waals surface area contributed by atoms with E-state index < -0.39 is 11.7 Å². The number of benzene rings is 1. The zero-order valence-corrected chi connectivity index (χ0v) is 14.4. The van der Waals surface area contributed by atoms with Crippen molar-refractivity contribution in [3.05, 3.63) is 29.8 Å². The lowest BCUT2D eigenvalue weighted by atomic mass is 10.2. The lowest BCUT2D eigenvalue weighted by Crippen LogP contribution is -2.27. The van der Waals surface area contributed by atoms with Crippen molar-refractivity contribution in [1.29, 1.82) is 0 Å². The van der Waals surface area contributed by atoms with Crippen LogP contribution in [0.1, 0.15) is 33.3 Å². The molecule has 0 unspecified atom stereocenters. The van der Waals surface area contributed by atoms with E-state index in [2.05, 4.69) is 5.32 Å². The van der Waals surface area contributed by atoms with Gasteiger partial charge in [-0.1, -0.05) is 23.9 Å². The number of thiocarbonyl (C=S) groups is 1. The Bertz CT molecular complexity index is 498. The summed E-state index contributed by atoms with van der Waals surface area (Å²) in [5, 5.41) is 2.72. The molecule has 0 saturated carbocycles. The molecule has 0 fully saturated rings. The second-order valence-electron chi connectivity index (χ2n) is 5.30. The van der Waals surface area contributed by atoms with Crippen LogP contribution in [0.4, 0.5) is 10.5 Å². The van der Waals surface area contributed by atoms with Crippen LogP contribution in [0.15, 0.2) is 24.3 Å². The van der Waals surface area contributed by atoms with Gasteiger partial charge in [-0.2, -0.15) is 0 Å². The van der Waals surface area contributed by atoms with Crippen LogP contribution in [0.2, 0.25) is 0 Å². The van der Waals surface area contributed by atoms with Crippen LogP contribution in [-0.4, -0.2) is 22.7 Å². The van der Waals surface area contributed by atoms with Crippen molar-refractivity contribution in [3.8, 4) is 0 Å². The highest BCUT2D eigenvalue weighted by Gasteiger charge is 2.16. The topological polar surface area (TPSA) is 47.6 Å². The van der Waals surface area contributed by atoms with Gasteiger partial charge >= 0.3 is 6.09 Å². The van der Waals surface area contributed by atoms with Crippen LogP contribution in [-0.2, 0) is 15.2 Å². The molecule has 0 bridgehead atoms. The normalized spacial score (nSPS) is 10.9. The van der Waals surface area contributed by atoms with Gasteiger partial charge in [-0.3, -0.25) is 5.32 Å². The van der Waals surface area contributed by atoms with Gasteiger partial charge in [0.25, 0.3) is 0 Å². The second kappa shape index (κ2) is 8.24. The Labute approximate surface area is 135 Å². The number of anilines is 1. The smallest absolute Gasteiger partial charge is 0.412 e. The van der Waals surface area contributed by atoms with Gasteiger partial charge in [0.1, 0.15) is 5.60 Å². The van der Waals surface area contributed by atoms with Gasteiger partial charge < -0.3 is 9.47 Å². The summed E-state index contributed by atoms with van der Waals surface area (Å²) in [4.78, 5) is 11.7. The van der Waals surface area contributed by atoms with Crippen LogP contribution >= 0.6 is 24.0 Å². The molecule has 0 radical (unpaired) electrons. The van der Waals surface area contributed by atoms with Gasteiger partial charge in [0.05, 0.1) is 6.61 Å². The quantitative estimate of drug-likeness (QED) is 0.820. The Hall–Kier alpha value is -1.27.